The molecule has 170 valence electrons. The molecule has 0 unspecified atom stereocenters. The SMILES string of the molecule is CCN(Cc1nc2cc(Cl)ccc2c(=O)[nH]1)C(=O)CCc1ncc(-c2ccc(C)c(C)c2)o1. The normalized spacial score (nSPS) is 11.2. The lowest BCUT2D eigenvalue weighted by molar-refractivity contribution is -0.131. The Bertz CT molecular complexity index is 1380. The monoisotopic (exact) mass is 464 g/mol. The maximum absolute atomic E-state index is 12.8. The first-order chi connectivity index (χ1) is 15.8. The van der Waals surface area contributed by atoms with E-state index in [1.54, 1.807) is 29.3 Å². The van der Waals surface area contributed by atoms with Crippen molar-refractivity contribution in [2.75, 3.05) is 6.54 Å². The number of nitrogens with zero attached hydrogens (tertiary/aromatic N) is 3. The molecular formula is C25H25ClN4O3. The first-order valence-electron chi connectivity index (χ1n) is 10.8. The second kappa shape index (κ2) is 9.58. The van der Waals surface area contributed by atoms with Crippen molar-refractivity contribution in [3.8, 4) is 11.3 Å². The molecule has 8 heteroatoms. The van der Waals surface area contributed by atoms with E-state index in [4.69, 9.17) is 16.0 Å². The molecule has 2 heterocycles. The van der Waals surface area contributed by atoms with Crippen molar-refractivity contribution in [3.63, 3.8) is 0 Å². The molecule has 4 aromatic rings. The summed E-state index contributed by atoms with van der Waals surface area (Å²) >= 11 is 6.03. The van der Waals surface area contributed by atoms with Gasteiger partial charge in [-0.25, -0.2) is 9.97 Å². The van der Waals surface area contributed by atoms with Gasteiger partial charge in [0.2, 0.25) is 5.91 Å². The number of fused-ring (bicyclic) bond motifs is 1. The summed E-state index contributed by atoms with van der Waals surface area (Å²) in [6.45, 7) is 6.69. The minimum absolute atomic E-state index is 0.0720. The first-order valence-corrected chi connectivity index (χ1v) is 11.2. The van der Waals surface area contributed by atoms with Crippen molar-refractivity contribution < 1.29 is 9.21 Å². The molecular weight excluding hydrogens is 440 g/mol. The molecule has 0 atom stereocenters. The third-order valence-electron chi connectivity index (χ3n) is 5.69. The average molecular weight is 465 g/mol. The van der Waals surface area contributed by atoms with Gasteiger partial charge in [-0.3, -0.25) is 9.59 Å². The van der Waals surface area contributed by atoms with Gasteiger partial charge in [0.25, 0.3) is 5.56 Å². The number of aryl methyl sites for hydroxylation is 3. The first kappa shape index (κ1) is 22.7. The van der Waals surface area contributed by atoms with Crippen LogP contribution in [0.25, 0.3) is 22.2 Å². The van der Waals surface area contributed by atoms with Gasteiger partial charge in [-0.1, -0.05) is 23.7 Å². The highest BCUT2D eigenvalue weighted by atomic mass is 35.5. The Balaban J connectivity index is 1.42. The Kier molecular flexibility index (Phi) is 6.60. The molecule has 0 aliphatic rings. The third kappa shape index (κ3) is 5.14. The topological polar surface area (TPSA) is 92.1 Å². The van der Waals surface area contributed by atoms with Crippen LogP contribution < -0.4 is 5.56 Å². The number of aromatic amines is 1. The number of amides is 1. The van der Waals surface area contributed by atoms with Crippen molar-refractivity contribution in [2.24, 2.45) is 0 Å². The number of oxazole rings is 1. The number of hydrogen-bond acceptors (Lipinski definition) is 5. The van der Waals surface area contributed by atoms with Crippen molar-refractivity contribution in [3.05, 3.63) is 80.8 Å². The van der Waals surface area contributed by atoms with Crippen LogP contribution in [0, 0.1) is 13.8 Å². The Hall–Kier alpha value is -3.45. The summed E-state index contributed by atoms with van der Waals surface area (Å²) in [6.07, 6.45) is 2.32. The fourth-order valence-corrected chi connectivity index (χ4v) is 3.79. The van der Waals surface area contributed by atoms with Crippen LogP contribution in [0.15, 0.2) is 51.8 Å². The van der Waals surface area contributed by atoms with Crippen LogP contribution in [-0.2, 0) is 17.8 Å². The van der Waals surface area contributed by atoms with Crippen LogP contribution in [0.1, 0.15) is 36.2 Å². The van der Waals surface area contributed by atoms with E-state index >= 15 is 0 Å². The zero-order valence-electron chi connectivity index (χ0n) is 18.8. The fraction of sp³-hybridized carbons (Fsp3) is 0.280. The van der Waals surface area contributed by atoms with Crippen LogP contribution in [0.5, 0.6) is 0 Å². The predicted molar refractivity (Wildman–Crippen MR) is 128 cm³/mol. The highest BCUT2D eigenvalue weighted by molar-refractivity contribution is 6.31. The van der Waals surface area contributed by atoms with Gasteiger partial charge in [0.05, 0.1) is 23.6 Å². The summed E-state index contributed by atoms with van der Waals surface area (Å²) in [5, 5.41) is 0.960. The molecule has 2 aromatic heterocycles. The van der Waals surface area contributed by atoms with E-state index in [1.165, 1.54) is 11.1 Å². The van der Waals surface area contributed by atoms with Crippen LogP contribution in [0.3, 0.4) is 0 Å². The summed E-state index contributed by atoms with van der Waals surface area (Å²) in [4.78, 5) is 38.4. The molecule has 1 N–H and O–H groups in total. The van der Waals surface area contributed by atoms with Crippen molar-refractivity contribution >= 4 is 28.4 Å². The van der Waals surface area contributed by atoms with E-state index in [1.807, 2.05) is 13.0 Å². The average Bonchev–Trinajstić information content (AvgIpc) is 3.26. The van der Waals surface area contributed by atoms with E-state index in [-0.39, 0.29) is 24.4 Å². The minimum atomic E-state index is -0.256. The zero-order valence-corrected chi connectivity index (χ0v) is 19.6. The van der Waals surface area contributed by atoms with Gasteiger partial charge < -0.3 is 14.3 Å². The Morgan fingerprint density at radius 3 is 2.73 bits per heavy atom. The Labute approximate surface area is 196 Å². The van der Waals surface area contributed by atoms with Gasteiger partial charge in [-0.05, 0) is 56.2 Å². The summed E-state index contributed by atoms with van der Waals surface area (Å²) in [7, 11) is 0. The molecule has 0 spiro atoms. The Morgan fingerprint density at radius 1 is 1.15 bits per heavy atom. The number of aromatic nitrogens is 3. The second-order valence-electron chi connectivity index (χ2n) is 8.00. The van der Waals surface area contributed by atoms with Crippen LogP contribution in [0.4, 0.5) is 0 Å². The van der Waals surface area contributed by atoms with Crippen molar-refractivity contribution in [1.29, 1.82) is 0 Å². The van der Waals surface area contributed by atoms with Gasteiger partial charge in [0.1, 0.15) is 5.82 Å². The molecule has 1 amide bonds. The van der Waals surface area contributed by atoms with E-state index in [0.29, 0.717) is 46.4 Å². The highest BCUT2D eigenvalue weighted by Gasteiger charge is 2.16. The summed E-state index contributed by atoms with van der Waals surface area (Å²) in [6, 6.07) is 11.0. The number of hydrogen-bond donors (Lipinski definition) is 1. The number of rotatable bonds is 7. The molecule has 4 rings (SSSR count). The molecule has 7 nitrogen and oxygen atoms in total. The standard InChI is InChI=1S/C25H25ClN4O3/c1-4-30(14-22-28-20-12-18(26)7-8-19(20)25(32)29-22)24(31)10-9-23-27-13-21(33-23)17-6-5-15(2)16(3)11-17/h5-8,11-13H,4,9-10,14H2,1-3H3,(H,28,29,32). The van der Waals surface area contributed by atoms with Gasteiger partial charge >= 0.3 is 0 Å². The third-order valence-corrected chi connectivity index (χ3v) is 5.93. The number of H-pyrrole nitrogens is 1. The molecule has 0 aliphatic heterocycles. The smallest absolute Gasteiger partial charge is 0.258 e. The quantitative estimate of drug-likeness (QED) is 0.423. The van der Waals surface area contributed by atoms with Crippen LogP contribution >= 0.6 is 11.6 Å². The van der Waals surface area contributed by atoms with Crippen LogP contribution in [0.2, 0.25) is 5.02 Å². The lowest BCUT2D eigenvalue weighted by Crippen LogP contribution is -2.32. The van der Waals surface area contributed by atoms with Crippen molar-refractivity contribution in [1.82, 2.24) is 19.9 Å². The van der Waals surface area contributed by atoms with E-state index in [2.05, 4.69) is 40.9 Å². The van der Waals surface area contributed by atoms with Gasteiger partial charge in [-0.2, -0.15) is 0 Å². The largest absolute Gasteiger partial charge is 0.441 e. The van der Waals surface area contributed by atoms with Crippen molar-refractivity contribution in [2.45, 2.75) is 40.2 Å². The summed E-state index contributed by atoms with van der Waals surface area (Å²) < 4.78 is 5.87. The van der Waals surface area contributed by atoms with Gasteiger partial charge in [0.15, 0.2) is 11.7 Å². The number of benzene rings is 2. The fourth-order valence-electron chi connectivity index (χ4n) is 3.62. The van der Waals surface area contributed by atoms with E-state index < -0.39 is 0 Å². The number of carbonyl (C=O) groups is 1. The Morgan fingerprint density at radius 2 is 1.97 bits per heavy atom. The summed E-state index contributed by atoms with van der Waals surface area (Å²) in [5.41, 5.74) is 3.61. The number of nitrogens with one attached hydrogen (secondary N) is 1. The van der Waals surface area contributed by atoms with Crippen LogP contribution in [-0.4, -0.2) is 32.3 Å². The second-order valence-corrected chi connectivity index (χ2v) is 8.44. The number of halogens is 1. The maximum atomic E-state index is 12.8. The molecule has 0 radical (unpaired) electrons. The van der Waals surface area contributed by atoms with Gasteiger partial charge in [0, 0.05) is 30.0 Å². The minimum Gasteiger partial charge on any atom is -0.441 e. The summed E-state index contributed by atoms with van der Waals surface area (Å²) in [5.74, 6) is 1.54. The van der Waals surface area contributed by atoms with E-state index in [0.717, 1.165) is 5.56 Å². The molecule has 33 heavy (non-hydrogen) atoms. The molecule has 0 aliphatic carbocycles. The lowest BCUT2D eigenvalue weighted by atomic mass is 10.1. The zero-order chi connectivity index (χ0) is 23.5. The van der Waals surface area contributed by atoms with E-state index in [9.17, 15) is 9.59 Å². The molecule has 0 saturated heterocycles. The highest BCUT2D eigenvalue weighted by Crippen LogP contribution is 2.23. The molecule has 0 fully saturated rings. The molecule has 0 saturated carbocycles. The lowest BCUT2D eigenvalue weighted by Gasteiger charge is -2.20. The molecule has 2 aromatic carbocycles. The predicted octanol–water partition coefficient (Wildman–Crippen LogP) is 4.83. The van der Waals surface area contributed by atoms with Gasteiger partial charge in [-0.15, -0.1) is 0 Å². The maximum Gasteiger partial charge on any atom is 0.258 e. The number of carbonyl (C=O) groups excluding carboxylic acids is 1. The molecule has 0 bridgehead atoms.